The molecule has 1 aliphatic rings. The van der Waals surface area contributed by atoms with E-state index in [9.17, 15) is 0 Å². The van der Waals surface area contributed by atoms with Crippen LogP contribution in [-0.2, 0) is 0 Å². The van der Waals surface area contributed by atoms with Crippen LogP contribution in [0.3, 0.4) is 0 Å². The second kappa shape index (κ2) is 3.55. The molecule has 1 saturated heterocycles. The summed E-state index contributed by atoms with van der Waals surface area (Å²) in [4.78, 5) is 2.28. The van der Waals surface area contributed by atoms with Crippen molar-refractivity contribution in [1.29, 1.82) is 0 Å². The maximum Gasteiger partial charge on any atom is 0.151 e. The third kappa shape index (κ3) is 1.68. The largest absolute Gasteiger partial charge is 0.355 e. The van der Waals surface area contributed by atoms with E-state index in [1.807, 2.05) is 12.1 Å². The lowest BCUT2D eigenvalue weighted by Crippen LogP contribution is -2.19. The van der Waals surface area contributed by atoms with E-state index in [4.69, 9.17) is 0 Å². The highest BCUT2D eigenvalue weighted by molar-refractivity contribution is 14.1. The van der Waals surface area contributed by atoms with E-state index in [1.54, 1.807) is 0 Å². The summed E-state index contributed by atoms with van der Waals surface area (Å²) in [6, 6.07) is 4.04. The van der Waals surface area contributed by atoms with Gasteiger partial charge in [0.15, 0.2) is 5.82 Å². The van der Waals surface area contributed by atoms with Crippen molar-refractivity contribution in [3.63, 3.8) is 0 Å². The normalized spacial score (nSPS) is 16.9. The number of rotatable bonds is 1. The van der Waals surface area contributed by atoms with Crippen molar-refractivity contribution in [3.8, 4) is 0 Å². The minimum Gasteiger partial charge on any atom is -0.355 e. The molecule has 0 N–H and O–H groups in total. The molecular formula is C8H10IN3. The van der Waals surface area contributed by atoms with Crippen molar-refractivity contribution in [2.75, 3.05) is 18.0 Å². The molecule has 1 fully saturated rings. The summed E-state index contributed by atoms with van der Waals surface area (Å²) < 4.78 is 0.954. The lowest BCUT2D eigenvalue weighted by Gasteiger charge is -2.14. The van der Waals surface area contributed by atoms with Crippen LogP contribution in [0.15, 0.2) is 12.1 Å². The number of nitrogens with zero attached hydrogens (tertiary/aromatic N) is 3. The van der Waals surface area contributed by atoms with E-state index in [0.29, 0.717) is 0 Å². The summed E-state index contributed by atoms with van der Waals surface area (Å²) in [5.41, 5.74) is 0. The van der Waals surface area contributed by atoms with Crippen LogP contribution in [0.5, 0.6) is 0 Å². The molecule has 0 radical (unpaired) electrons. The third-order valence-corrected chi connectivity index (χ3v) is 2.62. The minimum atomic E-state index is 0.954. The van der Waals surface area contributed by atoms with Crippen LogP contribution in [0.25, 0.3) is 0 Å². The van der Waals surface area contributed by atoms with Crippen molar-refractivity contribution in [1.82, 2.24) is 10.2 Å². The van der Waals surface area contributed by atoms with E-state index in [0.717, 1.165) is 22.6 Å². The molecule has 0 saturated carbocycles. The Balaban J connectivity index is 2.17. The number of halogens is 1. The maximum absolute atomic E-state index is 4.13. The molecule has 0 unspecified atom stereocenters. The first kappa shape index (κ1) is 8.22. The second-order valence-electron chi connectivity index (χ2n) is 2.91. The van der Waals surface area contributed by atoms with Gasteiger partial charge in [0.05, 0.1) is 0 Å². The van der Waals surface area contributed by atoms with E-state index < -0.39 is 0 Å². The van der Waals surface area contributed by atoms with Gasteiger partial charge in [-0.2, -0.15) is 0 Å². The van der Waals surface area contributed by atoms with Gasteiger partial charge in [-0.1, -0.05) is 0 Å². The molecular weight excluding hydrogens is 265 g/mol. The van der Waals surface area contributed by atoms with Gasteiger partial charge in [0.1, 0.15) is 3.70 Å². The van der Waals surface area contributed by atoms with Gasteiger partial charge >= 0.3 is 0 Å². The molecule has 2 rings (SSSR count). The fourth-order valence-corrected chi connectivity index (χ4v) is 1.71. The minimum absolute atomic E-state index is 0.954. The van der Waals surface area contributed by atoms with E-state index in [-0.39, 0.29) is 0 Å². The Labute approximate surface area is 85.3 Å². The first-order chi connectivity index (χ1) is 5.86. The summed E-state index contributed by atoms with van der Waals surface area (Å²) in [7, 11) is 0. The van der Waals surface area contributed by atoms with Gasteiger partial charge in [-0.05, 0) is 47.6 Å². The van der Waals surface area contributed by atoms with Crippen LogP contribution < -0.4 is 4.90 Å². The molecule has 0 spiro atoms. The predicted molar refractivity (Wildman–Crippen MR) is 56.2 cm³/mol. The van der Waals surface area contributed by atoms with Crippen molar-refractivity contribution < 1.29 is 0 Å². The Hall–Kier alpha value is -0.390. The molecule has 0 atom stereocenters. The second-order valence-corrected chi connectivity index (χ2v) is 4.01. The Morgan fingerprint density at radius 2 is 1.92 bits per heavy atom. The summed E-state index contributed by atoms with van der Waals surface area (Å²) in [6.07, 6.45) is 2.57. The summed E-state index contributed by atoms with van der Waals surface area (Å²) in [5, 5.41) is 8.15. The SMILES string of the molecule is Ic1ccc(N2CCCC2)nn1. The third-order valence-electron chi connectivity index (χ3n) is 2.05. The number of aromatic nitrogens is 2. The molecule has 2 heterocycles. The van der Waals surface area contributed by atoms with E-state index in [1.165, 1.54) is 12.8 Å². The standard InChI is InChI=1S/C8H10IN3/c9-7-3-4-8(11-10-7)12-5-1-2-6-12/h3-4H,1-2,5-6H2. The number of anilines is 1. The monoisotopic (exact) mass is 275 g/mol. The van der Waals surface area contributed by atoms with Crippen molar-refractivity contribution in [2.45, 2.75) is 12.8 Å². The topological polar surface area (TPSA) is 29.0 Å². The average molecular weight is 275 g/mol. The van der Waals surface area contributed by atoms with Gasteiger partial charge in [-0.3, -0.25) is 0 Å². The van der Waals surface area contributed by atoms with Gasteiger partial charge in [0.2, 0.25) is 0 Å². The molecule has 0 aromatic carbocycles. The van der Waals surface area contributed by atoms with Crippen LogP contribution in [0, 0.1) is 3.70 Å². The first-order valence-electron chi connectivity index (χ1n) is 4.10. The molecule has 64 valence electrons. The van der Waals surface area contributed by atoms with Crippen molar-refractivity contribution >= 4 is 28.4 Å². The predicted octanol–water partition coefficient (Wildman–Crippen LogP) is 1.68. The highest BCUT2D eigenvalue weighted by Gasteiger charge is 2.12. The van der Waals surface area contributed by atoms with Gasteiger partial charge in [0, 0.05) is 13.1 Å². The fourth-order valence-electron chi connectivity index (χ4n) is 1.42. The van der Waals surface area contributed by atoms with Crippen molar-refractivity contribution in [2.24, 2.45) is 0 Å². The Morgan fingerprint density at radius 3 is 2.50 bits per heavy atom. The Kier molecular flexibility index (Phi) is 2.43. The van der Waals surface area contributed by atoms with E-state index in [2.05, 4.69) is 37.7 Å². The average Bonchev–Trinajstić information content (AvgIpc) is 2.58. The van der Waals surface area contributed by atoms with Crippen LogP contribution >= 0.6 is 22.6 Å². The Bertz CT molecular complexity index is 254. The van der Waals surface area contributed by atoms with Crippen LogP contribution in [0.2, 0.25) is 0 Å². The zero-order valence-electron chi connectivity index (χ0n) is 6.70. The molecule has 4 heteroatoms. The summed E-state index contributed by atoms with van der Waals surface area (Å²) in [6.45, 7) is 2.27. The molecule has 0 aliphatic carbocycles. The van der Waals surface area contributed by atoms with Crippen molar-refractivity contribution in [3.05, 3.63) is 15.8 Å². The molecule has 1 aromatic rings. The van der Waals surface area contributed by atoms with Crippen LogP contribution in [0.1, 0.15) is 12.8 Å². The zero-order chi connectivity index (χ0) is 8.39. The first-order valence-corrected chi connectivity index (χ1v) is 5.18. The summed E-state index contributed by atoms with van der Waals surface area (Å²) >= 11 is 2.17. The number of hydrogen-bond donors (Lipinski definition) is 0. The maximum atomic E-state index is 4.13. The van der Waals surface area contributed by atoms with Gasteiger partial charge in [0.25, 0.3) is 0 Å². The molecule has 1 aromatic heterocycles. The Morgan fingerprint density at radius 1 is 1.17 bits per heavy atom. The van der Waals surface area contributed by atoms with Gasteiger partial charge < -0.3 is 4.90 Å². The van der Waals surface area contributed by atoms with Gasteiger partial charge in [-0.15, -0.1) is 10.2 Å². The zero-order valence-corrected chi connectivity index (χ0v) is 8.86. The molecule has 0 amide bonds. The van der Waals surface area contributed by atoms with Crippen LogP contribution in [0.4, 0.5) is 5.82 Å². The quantitative estimate of drug-likeness (QED) is 0.730. The molecule has 0 bridgehead atoms. The smallest absolute Gasteiger partial charge is 0.151 e. The van der Waals surface area contributed by atoms with E-state index >= 15 is 0 Å². The summed E-state index contributed by atoms with van der Waals surface area (Å²) in [5.74, 6) is 1.02. The molecule has 1 aliphatic heterocycles. The lowest BCUT2D eigenvalue weighted by molar-refractivity contribution is 0.885. The van der Waals surface area contributed by atoms with Crippen LogP contribution in [-0.4, -0.2) is 23.3 Å². The molecule has 12 heavy (non-hydrogen) atoms. The lowest BCUT2D eigenvalue weighted by atomic mass is 10.4. The molecule has 3 nitrogen and oxygen atoms in total. The van der Waals surface area contributed by atoms with Gasteiger partial charge in [-0.25, -0.2) is 0 Å². The fraction of sp³-hybridized carbons (Fsp3) is 0.500. The highest BCUT2D eigenvalue weighted by atomic mass is 127. The number of hydrogen-bond acceptors (Lipinski definition) is 3. The highest BCUT2D eigenvalue weighted by Crippen LogP contribution is 2.16.